The van der Waals surface area contributed by atoms with Crippen molar-refractivity contribution < 1.29 is 0 Å². The van der Waals surface area contributed by atoms with E-state index < -0.39 is 0 Å². The molecule has 0 aliphatic carbocycles. The van der Waals surface area contributed by atoms with Gasteiger partial charge in [-0.05, 0) is 31.0 Å². The van der Waals surface area contributed by atoms with Gasteiger partial charge < -0.3 is 5.32 Å². The van der Waals surface area contributed by atoms with Crippen LogP contribution in [0.2, 0.25) is 5.28 Å². The number of anilines is 1. The van der Waals surface area contributed by atoms with Gasteiger partial charge in [0.15, 0.2) is 0 Å². The van der Waals surface area contributed by atoms with Gasteiger partial charge in [-0.15, -0.1) is 0 Å². The molecule has 0 atom stereocenters. The van der Waals surface area contributed by atoms with E-state index in [1.54, 1.807) is 12.4 Å². The summed E-state index contributed by atoms with van der Waals surface area (Å²) in [6.45, 7) is 3.66. The van der Waals surface area contributed by atoms with Gasteiger partial charge in [0.05, 0.1) is 0 Å². The van der Waals surface area contributed by atoms with E-state index in [9.17, 15) is 0 Å². The molecule has 2 rings (SSSR count). The van der Waals surface area contributed by atoms with Crippen LogP contribution in [0.3, 0.4) is 0 Å². The van der Waals surface area contributed by atoms with Crippen LogP contribution in [-0.2, 0) is 6.54 Å². The summed E-state index contributed by atoms with van der Waals surface area (Å²) in [7, 11) is 0. The van der Waals surface area contributed by atoms with E-state index in [0.717, 1.165) is 30.9 Å². The zero-order valence-corrected chi connectivity index (χ0v) is 10.4. The van der Waals surface area contributed by atoms with Crippen LogP contribution in [0, 0.1) is 6.92 Å². The van der Waals surface area contributed by atoms with Gasteiger partial charge in [-0.25, -0.2) is 9.97 Å². The Kier molecular flexibility index (Phi) is 3.93. The van der Waals surface area contributed by atoms with Gasteiger partial charge in [-0.1, -0.05) is 0 Å². The molecule has 0 saturated heterocycles. The predicted molar refractivity (Wildman–Crippen MR) is 67.1 cm³/mol. The van der Waals surface area contributed by atoms with E-state index in [0.29, 0.717) is 0 Å². The predicted octanol–water partition coefficient (Wildman–Crippen LogP) is 2.14. The lowest BCUT2D eigenvalue weighted by Gasteiger charge is -2.08. The smallest absolute Gasteiger partial charge is 0.224 e. The quantitative estimate of drug-likeness (QED) is 0.653. The van der Waals surface area contributed by atoms with E-state index in [-0.39, 0.29) is 5.28 Å². The van der Waals surface area contributed by atoms with Crippen molar-refractivity contribution in [2.24, 2.45) is 0 Å². The number of hydrogen-bond donors (Lipinski definition) is 1. The number of hydrogen-bond acceptors (Lipinski definition) is 4. The van der Waals surface area contributed by atoms with E-state index in [1.165, 1.54) is 0 Å². The minimum Gasteiger partial charge on any atom is -0.370 e. The third-order valence-electron chi connectivity index (χ3n) is 2.36. The van der Waals surface area contributed by atoms with Crippen LogP contribution in [0.5, 0.6) is 0 Å². The first-order valence-corrected chi connectivity index (χ1v) is 5.84. The molecule has 0 amide bonds. The van der Waals surface area contributed by atoms with Crippen LogP contribution in [0.1, 0.15) is 12.0 Å². The normalized spacial score (nSPS) is 10.5. The molecule has 0 bridgehead atoms. The second-order valence-corrected chi connectivity index (χ2v) is 4.06. The first kappa shape index (κ1) is 11.9. The highest BCUT2D eigenvalue weighted by Crippen LogP contribution is 2.12. The molecule has 1 N–H and O–H groups in total. The Bertz CT molecular complexity index is 469. The summed E-state index contributed by atoms with van der Waals surface area (Å²) in [5.74, 6) is 0.797. The number of aryl methyl sites for hydroxylation is 2. The lowest BCUT2D eigenvalue weighted by molar-refractivity contribution is 0.591. The van der Waals surface area contributed by atoms with Crippen LogP contribution in [0.4, 0.5) is 5.82 Å². The van der Waals surface area contributed by atoms with Crippen LogP contribution in [0.25, 0.3) is 0 Å². The van der Waals surface area contributed by atoms with Gasteiger partial charge in [0.2, 0.25) is 5.28 Å². The molecule has 2 aromatic rings. The number of aromatic nitrogens is 4. The minimum absolute atomic E-state index is 0.269. The van der Waals surface area contributed by atoms with E-state index in [2.05, 4.69) is 20.4 Å². The third kappa shape index (κ3) is 3.42. The average Bonchev–Trinajstić information content (AvgIpc) is 2.82. The fourth-order valence-corrected chi connectivity index (χ4v) is 1.61. The third-order valence-corrected chi connectivity index (χ3v) is 2.54. The molecule has 0 saturated carbocycles. The summed E-state index contributed by atoms with van der Waals surface area (Å²) >= 11 is 5.73. The Morgan fingerprint density at radius 1 is 1.47 bits per heavy atom. The summed E-state index contributed by atoms with van der Waals surface area (Å²) in [4.78, 5) is 8.04. The summed E-state index contributed by atoms with van der Waals surface area (Å²) in [5.41, 5.74) is 0.994. The summed E-state index contributed by atoms with van der Waals surface area (Å²) in [5, 5.41) is 7.64. The Labute approximate surface area is 105 Å². The van der Waals surface area contributed by atoms with Gasteiger partial charge >= 0.3 is 0 Å². The second-order valence-electron chi connectivity index (χ2n) is 3.72. The first-order chi connectivity index (χ1) is 8.25. The molecule has 0 radical (unpaired) electrons. The lowest BCUT2D eigenvalue weighted by Crippen LogP contribution is -2.09. The molecule has 5 nitrogen and oxygen atoms in total. The molecule has 0 aliphatic rings. The highest BCUT2D eigenvalue weighted by Gasteiger charge is 2.01. The van der Waals surface area contributed by atoms with Gasteiger partial charge in [0.25, 0.3) is 0 Å². The Hall–Kier alpha value is -1.62. The molecule has 17 heavy (non-hydrogen) atoms. The van der Waals surface area contributed by atoms with Gasteiger partial charge in [-0.2, -0.15) is 5.10 Å². The SMILES string of the molecule is Cc1cnc(Cl)nc1NCCCn1cccn1. The topological polar surface area (TPSA) is 55.6 Å². The van der Waals surface area contributed by atoms with Gasteiger partial charge in [-0.3, -0.25) is 4.68 Å². The molecule has 0 unspecified atom stereocenters. The van der Waals surface area contributed by atoms with E-state index in [1.807, 2.05) is 23.9 Å². The van der Waals surface area contributed by atoms with Crippen molar-refractivity contribution in [2.75, 3.05) is 11.9 Å². The van der Waals surface area contributed by atoms with Crippen LogP contribution in [0.15, 0.2) is 24.7 Å². The van der Waals surface area contributed by atoms with Gasteiger partial charge in [0, 0.05) is 37.2 Å². The maximum atomic E-state index is 5.73. The molecule has 2 aromatic heterocycles. The maximum absolute atomic E-state index is 5.73. The minimum atomic E-state index is 0.269. The van der Waals surface area contributed by atoms with Crippen molar-refractivity contribution in [1.29, 1.82) is 0 Å². The van der Waals surface area contributed by atoms with Crippen molar-refractivity contribution in [3.8, 4) is 0 Å². The molecule has 0 spiro atoms. The van der Waals surface area contributed by atoms with Crippen molar-refractivity contribution in [3.05, 3.63) is 35.5 Å². The Morgan fingerprint density at radius 2 is 2.35 bits per heavy atom. The summed E-state index contributed by atoms with van der Waals surface area (Å²) in [6.07, 6.45) is 6.42. The lowest BCUT2D eigenvalue weighted by atomic mass is 10.3. The number of nitrogens with zero attached hydrogens (tertiary/aromatic N) is 4. The van der Waals surface area contributed by atoms with Crippen LogP contribution in [-0.4, -0.2) is 26.3 Å². The van der Waals surface area contributed by atoms with Crippen molar-refractivity contribution >= 4 is 17.4 Å². The number of nitrogens with one attached hydrogen (secondary N) is 1. The number of halogens is 1. The zero-order chi connectivity index (χ0) is 12.1. The first-order valence-electron chi connectivity index (χ1n) is 5.46. The molecule has 90 valence electrons. The number of rotatable bonds is 5. The molecule has 0 aromatic carbocycles. The molecule has 0 fully saturated rings. The van der Waals surface area contributed by atoms with E-state index >= 15 is 0 Å². The highest BCUT2D eigenvalue weighted by atomic mass is 35.5. The van der Waals surface area contributed by atoms with Crippen molar-refractivity contribution in [1.82, 2.24) is 19.7 Å². The largest absolute Gasteiger partial charge is 0.370 e. The van der Waals surface area contributed by atoms with Crippen LogP contribution >= 0.6 is 11.6 Å². The Morgan fingerprint density at radius 3 is 3.12 bits per heavy atom. The fraction of sp³-hybridized carbons (Fsp3) is 0.364. The molecule has 6 heteroatoms. The maximum Gasteiger partial charge on any atom is 0.224 e. The summed E-state index contributed by atoms with van der Waals surface area (Å²) < 4.78 is 1.90. The summed E-state index contributed by atoms with van der Waals surface area (Å²) in [6, 6.07) is 1.92. The standard InChI is InChI=1S/C11H14ClN5/c1-9-8-14-11(12)16-10(9)13-4-2-6-17-7-3-5-15-17/h3,5,7-8H,2,4,6H2,1H3,(H,13,14,16). The highest BCUT2D eigenvalue weighted by molar-refractivity contribution is 6.28. The van der Waals surface area contributed by atoms with Gasteiger partial charge in [0.1, 0.15) is 5.82 Å². The Balaban J connectivity index is 1.80. The van der Waals surface area contributed by atoms with E-state index in [4.69, 9.17) is 11.6 Å². The zero-order valence-electron chi connectivity index (χ0n) is 9.60. The molecular weight excluding hydrogens is 238 g/mol. The second kappa shape index (κ2) is 5.63. The fourth-order valence-electron chi connectivity index (χ4n) is 1.48. The van der Waals surface area contributed by atoms with Crippen LogP contribution < -0.4 is 5.32 Å². The average molecular weight is 252 g/mol. The molecule has 2 heterocycles. The monoisotopic (exact) mass is 251 g/mol. The van der Waals surface area contributed by atoms with Crippen molar-refractivity contribution in [2.45, 2.75) is 19.9 Å². The molecule has 0 aliphatic heterocycles. The molecular formula is C11H14ClN5. The van der Waals surface area contributed by atoms with Crippen molar-refractivity contribution in [3.63, 3.8) is 0 Å².